The van der Waals surface area contributed by atoms with Gasteiger partial charge < -0.3 is 15.5 Å². The molecule has 234 valence electrons. The zero-order valence-electron chi connectivity index (χ0n) is 24.8. The number of Topliss-reactive ketones (excluding diaryl/α,β-unsaturated/α-hetero) is 1. The average Bonchev–Trinajstić information content (AvgIpc) is 3.69. The lowest BCUT2D eigenvalue weighted by Crippen LogP contribution is -2.20. The highest BCUT2D eigenvalue weighted by Crippen LogP contribution is 2.38. The largest absolute Gasteiger partial charge is 0.451 e. The number of nitrogen functional groups attached to an aromatic ring is 1. The Hall–Kier alpha value is -5.07. The van der Waals surface area contributed by atoms with Crippen molar-refractivity contribution in [3.8, 4) is 22.8 Å². The maximum Gasteiger partial charge on any atom is 0.204 e. The lowest BCUT2D eigenvalue weighted by molar-refractivity contribution is 0.0905. The summed E-state index contributed by atoms with van der Waals surface area (Å²) in [6.45, 7) is 5.45. The number of anilines is 1. The van der Waals surface area contributed by atoms with Crippen molar-refractivity contribution >= 4 is 28.7 Å². The molecule has 3 heterocycles. The number of aromatic amines is 1. The second-order valence-corrected chi connectivity index (χ2v) is 10.7. The molecule has 0 spiro atoms. The number of hydrogen-bond acceptors (Lipinski definition) is 7. The highest BCUT2D eigenvalue weighted by atomic mass is 19.2. The number of imidazole rings is 1. The fourth-order valence-corrected chi connectivity index (χ4v) is 5.24. The molecule has 3 aromatic heterocycles. The molecule has 45 heavy (non-hydrogen) atoms. The summed E-state index contributed by atoms with van der Waals surface area (Å²) in [5, 5.41) is 5.04. The highest BCUT2D eigenvalue weighted by Gasteiger charge is 2.28. The topological polar surface area (TPSA) is 125 Å². The molecule has 0 amide bonds. The average molecular weight is 622 g/mol. The van der Waals surface area contributed by atoms with Crippen LogP contribution in [0.15, 0.2) is 49.2 Å². The Morgan fingerprint density at radius 2 is 1.91 bits per heavy atom. The predicted octanol–water partition coefficient (Wildman–Crippen LogP) is 7.82. The second kappa shape index (κ2) is 13.3. The highest BCUT2D eigenvalue weighted by molar-refractivity contribution is 5.98. The summed E-state index contributed by atoms with van der Waals surface area (Å²) in [5.74, 6) is -6.59. The molecule has 0 aliphatic rings. The number of nitrogens with one attached hydrogen (secondary N) is 1. The van der Waals surface area contributed by atoms with Crippen LogP contribution < -0.4 is 10.5 Å². The molecule has 2 unspecified atom stereocenters. The van der Waals surface area contributed by atoms with E-state index in [1.807, 2.05) is 13.8 Å². The van der Waals surface area contributed by atoms with Crippen molar-refractivity contribution in [1.29, 1.82) is 0 Å². The number of halogens is 4. The van der Waals surface area contributed by atoms with E-state index in [1.165, 1.54) is 36.9 Å². The van der Waals surface area contributed by atoms with E-state index in [1.54, 1.807) is 17.8 Å². The van der Waals surface area contributed by atoms with Crippen LogP contribution in [0, 0.1) is 29.2 Å². The Kier molecular flexibility index (Phi) is 9.26. The van der Waals surface area contributed by atoms with Crippen LogP contribution in [-0.4, -0.2) is 35.5 Å². The van der Waals surface area contributed by atoms with E-state index in [0.29, 0.717) is 35.6 Å². The molecule has 0 saturated carbocycles. The maximum absolute atomic E-state index is 15.7. The van der Waals surface area contributed by atoms with Crippen LogP contribution in [0.1, 0.15) is 68.5 Å². The summed E-state index contributed by atoms with van der Waals surface area (Å²) in [4.78, 5) is 28.4. The van der Waals surface area contributed by atoms with Crippen LogP contribution in [0.2, 0.25) is 0 Å². The quantitative estimate of drug-likeness (QED) is 0.0827. The number of ether oxygens (including phenoxy) is 1. The number of rotatable bonds is 12. The molecule has 0 bridgehead atoms. The number of benzene rings is 2. The van der Waals surface area contributed by atoms with Crippen molar-refractivity contribution in [1.82, 2.24) is 29.7 Å². The standard InChI is InChI=1S/C32H31F4N7O2/c1-4-6-8-19(11-17(3)29(44)24-14-38-15-39-24)43-32-25(31(37)40-16-41-32)28(42-43)21-10-9-20(13-22(21)33)45-30-26(35)18(7-5-2)12-23(34)27(30)36/h5,7,9-10,12-17,19H,4,6,8,11H2,1-3H3,(H,38,39)(H2,37,40,41)/b7-5+. The number of ketones is 1. The van der Waals surface area contributed by atoms with Crippen LogP contribution in [0.4, 0.5) is 23.4 Å². The molecule has 0 fully saturated rings. The molecule has 0 radical (unpaired) electrons. The van der Waals surface area contributed by atoms with Crippen LogP contribution in [0.25, 0.3) is 28.4 Å². The number of allylic oxidation sites excluding steroid dienone is 1. The number of carbonyl (C=O) groups excluding carboxylic acids is 1. The van der Waals surface area contributed by atoms with Gasteiger partial charge in [0.2, 0.25) is 11.6 Å². The van der Waals surface area contributed by atoms with Crippen molar-refractivity contribution in [3.63, 3.8) is 0 Å². The fraction of sp³-hybridized carbons (Fsp3) is 0.281. The minimum absolute atomic E-state index is 0.00252. The molecule has 2 atom stereocenters. The van der Waals surface area contributed by atoms with E-state index in [9.17, 15) is 18.0 Å². The number of nitrogens with zero attached hydrogens (tertiary/aromatic N) is 5. The summed E-state index contributed by atoms with van der Waals surface area (Å²) >= 11 is 0. The van der Waals surface area contributed by atoms with Crippen molar-refractivity contribution in [3.05, 3.63) is 83.7 Å². The molecular formula is C32H31F4N7O2. The summed E-state index contributed by atoms with van der Waals surface area (Å²) in [7, 11) is 0. The van der Waals surface area contributed by atoms with Gasteiger partial charge in [0, 0.05) is 29.3 Å². The van der Waals surface area contributed by atoms with Crippen LogP contribution in [0.3, 0.4) is 0 Å². The number of nitrogens with two attached hydrogens (primary N) is 1. The summed E-state index contributed by atoms with van der Waals surface area (Å²) in [5.41, 5.74) is 6.84. The van der Waals surface area contributed by atoms with E-state index in [0.717, 1.165) is 18.9 Å². The van der Waals surface area contributed by atoms with Crippen LogP contribution in [-0.2, 0) is 0 Å². The molecular weight excluding hydrogens is 590 g/mol. The zero-order chi connectivity index (χ0) is 32.2. The number of hydrogen-bond donors (Lipinski definition) is 2. The monoisotopic (exact) mass is 621 g/mol. The normalized spacial score (nSPS) is 13.0. The van der Waals surface area contributed by atoms with E-state index in [2.05, 4.69) is 19.9 Å². The maximum atomic E-state index is 15.7. The molecule has 2 aromatic carbocycles. The molecule has 5 aromatic rings. The Bertz CT molecular complexity index is 1870. The van der Waals surface area contributed by atoms with Crippen molar-refractivity contribution in [2.45, 2.75) is 52.5 Å². The summed E-state index contributed by atoms with van der Waals surface area (Å²) < 4.78 is 66.2. The minimum Gasteiger partial charge on any atom is -0.451 e. The molecule has 0 aliphatic carbocycles. The zero-order valence-corrected chi connectivity index (χ0v) is 24.8. The van der Waals surface area contributed by atoms with Gasteiger partial charge in [-0.2, -0.15) is 9.49 Å². The van der Waals surface area contributed by atoms with Gasteiger partial charge in [-0.25, -0.2) is 32.8 Å². The van der Waals surface area contributed by atoms with Gasteiger partial charge in [-0.3, -0.25) is 4.79 Å². The van der Waals surface area contributed by atoms with E-state index in [4.69, 9.17) is 15.6 Å². The Balaban J connectivity index is 1.54. The van der Waals surface area contributed by atoms with Gasteiger partial charge in [0.15, 0.2) is 23.1 Å². The van der Waals surface area contributed by atoms with Gasteiger partial charge in [0.1, 0.15) is 35.1 Å². The van der Waals surface area contributed by atoms with E-state index in [-0.39, 0.29) is 40.2 Å². The first-order chi connectivity index (χ1) is 21.6. The third kappa shape index (κ3) is 6.28. The number of unbranched alkanes of at least 4 members (excludes halogenated alkanes) is 1. The van der Waals surface area contributed by atoms with Gasteiger partial charge >= 0.3 is 0 Å². The molecule has 9 nitrogen and oxygen atoms in total. The van der Waals surface area contributed by atoms with E-state index >= 15 is 4.39 Å². The van der Waals surface area contributed by atoms with Crippen molar-refractivity contribution in [2.24, 2.45) is 5.92 Å². The van der Waals surface area contributed by atoms with Gasteiger partial charge in [-0.15, -0.1) is 0 Å². The summed E-state index contributed by atoms with van der Waals surface area (Å²) in [6, 6.07) is 3.91. The SMILES string of the molecule is C/C=C/c1cc(F)c(F)c(Oc2ccc(-c3nn(C(CCCC)CC(C)C(=O)c4c[nH]cn4)c4ncnc(N)c34)c(F)c2)c1F. The molecule has 5 rings (SSSR count). The van der Waals surface area contributed by atoms with Crippen LogP contribution in [0.5, 0.6) is 11.5 Å². The Morgan fingerprint density at radius 1 is 1.11 bits per heavy atom. The fourth-order valence-electron chi connectivity index (χ4n) is 5.24. The predicted molar refractivity (Wildman–Crippen MR) is 161 cm³/mol. The van der Waals surface area contributed by atoms with Gasteiger partial charge in [0.05, 0.1) is 17.8 Å². The van der Waals surface area contributed by atoms with Crippen molar-refractivity contribution in [2.75, 3.05) is 5.73 Å². The molecule has 3 N–H and O–H groups in total. The van der Waals surface area contributed by atoms with Crippen molar-refractivity contribution < 1.29 is 27.1 Å². The molecule has 0 aliphatic heterocycles. The lowest BCUT2D eigenvalue weighted by atomic mass is 9.93. The van der Waals surface area contributed by atoms with Gasteiger partial charge in [-0.1, -0.05) is 38.8 Å². The second-order valence-electron chi connectivity index (χ2n) is 10.7. The Morgan fingerprint density at radius 3 is 2.60 bits per heavy atom. The number of fused-ring (bicyclic) bond motifs is 1. The third-order valence-corrected chi connectivity index (χ3v) is 7.48. The lowest BCUT2D eigenvalue weighted by Gasteiger charge is -2.21. The number of aromatic nitrogens is 6. The Labute approximate surface area is 256 Å². The number of carbonyl (C=O) groups is 1. The van der Waals surface area contributed by atoms with E-state index < -0.39 is 34.9 Å². The van der Waals surface area contributed by atoms with Gasteiger partial charge in [0.25, 0.3) is 0 Å². The third-order valence-electron chi connectivity index (χ3n) is 7.48. The first-order valence-corrected chi connectivity index (χ1v) is 14.4. The smallest absolute Gasteiger partial charge is 0.204 e. The van der Waals surface area contributed by atoms with Gasteiger partial charge in [-0.05, 0) is 38.0 Å². The first kappa shape index (κ1) is 31.4. The molecule has 13 heteroatoms. The number of H-pyrrole nitrogens is 1. The van der Waals surface area contributed by atoms with Crippen LogP contribution >= 0.6 is 0 Å². The first-order valence-electron chi connectivity index (χ1n) is 14.4. The molecule has 0 saturated heterocycles. The minimum atomic E-state index is -1.54. The summed E-state index contributed by atoms with van der Waals surface area (Å²) in [6.07, 6.45) is 9.76.